The summed E-state index contributed by atoms with van der Waals surface area (Å²) in [4.78, 5) is 86.3. The Balaban J connectivity index is 0.822. The first-order chi connectivity index (χ1) is 39.0. The molecule has 1 aromatic rings. The van der Waals surface area contributed by atoms with E-state index in [1.165, 1.54) is 18.2 Å². The lowest BCUT2D eigenvalue weighted by Gasteiger charge is -2.22. The lowest BCUT2D eigenvalue weighted by Crippen LogP contribution is -2.48. The predicted octanol–water partition coefficient (Wildman–Crippen LogP) is 1.63. The van der Waals surface area contributed by atoms with Crippen LogP contribution in [0.1, 0.15) is 105 Å². The van der Waals surface area contributed by atoms with Gasteiger partial charge in [-0.3, -0.25) is 24.0 Å². The zero-order valence-electron chi connectivity index (χ0n) is 47.0. The highest BCUT2D eigenvalue weighted by atomic mass is 32.2. The Kier molecular flexibility index (Phi) is 32.4. The van der Waals surface area contributed by atoms with Gasteiger partial charge in [-0.25, -0.2) is 9.59 Å². The standard InChI is InChI=1S/C54H91N11O13S2/c1-54(37-62-54)36-60-52(71)63-41-32-39(50(69)58-17-9-21-75-25-29-77-27-23-73-19-7-15-56-46(67)13-5-3-11-44-48(61-38-66)42(55-2)34-79-44)31-40(33-41)51(70)59-18-10-22-76-26-30-78-28-24-74-20-8-16-57-47(68)14-6-4-12-45-49-43(35-80-45)64-53(72)65-49/h31-33,38,42-45,48-49,55,62H,3-30,34-37H2,1-2H3,(H,56,67)(H,57,68)(H,58,69)(H,59,70)(H,61,66)(H2,60,63,71)(H2,64,65,72). The molecule has 4 saturated heterocycles. The van der Waals surface area contributed by atoms with Crippen molar-refractivity contribution in [3.63, 3.8) is 0 Å². The molecule has 26 heteroatoms. The third-order valence-corrected chi connectivity index (χ3v) is 16.9. The van der Waals surface area contributed by atoms with Gasteiger partial charge in [-0.15, -0.1) is 0 Å². The van der Waals surface area contributed by atoms with E-state index in [-0.39, 0.29) is 58.7 Å². The summed E-state index contributed by atoms with van der Waals surface area (Å²) >= 11 is 3.76. The molecule has 7 unspecified atom stereocenters. The average molecular weight is 1170 g/mol. The summed E-state index contributed by atoms with van der Waals surface area (Å²) in [6.45, 7) is 10.0. The van der Waals surface area contributed by atoms with Crippen molar-refractivity contribution in [1.29, 1.82) is 0 Å². The third-order valence-electron chi connectivity index (χ3n) is 13.9. The molecular formula is C54H91N11O13S2. The number of unbranched alkanes of at least 4 members (excludes halogenated alkanes) is 2. The maximum absolute atomic E-state index is 13.3. The Bertz CT molecular complexity index is 2030. The van der Waals surface area contributed by atoms with Gasteiger partial charge in [-0.05, 0) is 83.5 Å². The van der Waals surface area contributed by atoms with Crippen LogP contribution in [0.2, 0.25) is 0 Å². The van der Waals surface area contributed by atoms with Crippen LogP contribution >= 0.6 is 23.5 Å². The maximum atomic E-state index is 13.3. The van der Waals surface area contributed by atoms with E-state index in [2.05, 4.69) is 58.5 Å². The zero-order chi connectivity index (χ0) is 57.1. The van der Waals surface area contributed by atoms with E-state index in [9.17, 15) is 33.6 Å². The van der Waals surface area contributed by atoms with E-state index >= 15 is 0 Å². The summed E-state index contributed by atoms with van der Waals surface area (Å²) in [5, 5.41) is 33.4. The fourth-order valence-electron chi connectivity index (χ4n) is 9.14. The van der Waals surface area contributed by atoms with E-state index in [1.54, 1.807) is 0 Å². The number of hydrogen-bond donors (Lipinski definition) is 11. The average Bonchev–Trinajstić information content (AvgIpc) is 3.72. The van der Waals surface area contributed by atoms with Gasteiger partial charge >= 0.3 is 12.1 Å². The van der Waals surface area contributed by atoms with Crippen LogP contribution in [0, 0.1) is 0 Å². The van der Waals surface area contributed by atoms with Crippen LogP contribution in [0.3, 0.4) is 0 Å². The van der Waals surface area contributed by atoms with Gasteiger partial charge in [-0.2, -0.15) is 23.5 Å². The first kappa shape index (κ1) is 66.3. The second-order valence-electron chi connectivity index (χ2n) is 20.5. The molecule has 5 rings (SSSR count). The number of urea groups is 2. The van der Waals surface area contributed by atoms with Crippen molar-refractivity contribution >= 4 is 71.3 Å². The predicted molar refractivity (Wildman–Crippen MR) is 308 cm³/mol. The van der Waals surface area contributed by atoms with Crippen LogP contribution in [0.25, 0.3) is 0 Å². The highest BCUT2D eigenvalue weighted by Gasteiger charge is 2.42. The minimum absolute atomic E-state index is 0.0391. The molecule has 452 valence electrons. The van der Waals surface area contributed by atoms with Crippen molar-refractivity contribution in [2.75, 3.05) is 142 Å². The second-order valence-corrected chi connectivity index (χ2v) is 23.1. The highest BCUT2D eigenvalue weighted by molar-refractivity contribution is 8.00. The largest absolute Gasteiger partial charge is 0.379 e. The van der Waals surface area contributed by atoms with Gasteiger partial charge in [0.05, 0.1) is 71.0 Å². The smallest absolute Gasteiger partial charge is 0.319 e. The Morgan fingerprint density at radius 1 is 0.613 bits per heavy atom. The molecule has 4 heterocycles. The molecule has 0 bridgehead atoms. The summed E-state index contributed by atoms with van der Waals surface area (Å²) in [7, 11) is 1.91. The number of anilines is 1. The summed E-state index contributed by atoms with van der Waals surface area (Å²) in [5.41, 5.74) is 0.576. The number of amides is 9. The van der Waals surface area contributed by atoms with Crippen LogP contribution in [0.4, 0.5) is 15.3 Å². The summed E-state index contributed by atoms with van der Waals surface area (Å²) in [5.74, 6) is 1.19. The van der Waals surface area contributed by atoms with E-state index < -0.39 is 17.8 Å². The minimum atomic E-state index is -0.455. The van der Waals surface area contributed by atoms with Gasteiger partial charge in [0.1, 0.15) is 0 Å². The molecule has 0 radical (unpaired) electrons. The molecule has 11 N–H and O–H groups in total. The first-order valence-corrected chi connectivity index (χ1v) is 30.7. The van der Waals surface area contributed by atoms with Gasteiger partial charge in [0.15, 0.2) is 0 Å². The topological polar surface area (TPSA) is 317 Å². The Labute approximate surface area is 480 Å². The monoisotopic (exact) mass is 1170 g/mol. The van der Waals surface area contributed by atoms with Gasteiger partial charge in [0.25, 0.3) is 11.8 Å². The van der Waals surface area contributed by atoms with Crippen molar-refractivity contribution in [2.45, 2.75) is 124 Å². The van der Waals surface area contributed by atoms with Crippen molar-refractivity contribution < 1.29 is 62.0 Å². The lowest BCUT2D eigenvalue weighted by molar-refractivity contribution is -0.122. The molecule has 0 saturated carbocycles. The summed E-state index contributed by atoms with van der Waals surface area (Å²) in [6.07, 6.45) is 9.75. The van der Waals surface area contributed by atoms with Crippen LogP contribution in [-0.4, -0.2) is 219 Å². The van der Waals surface area contributed by atoms with Crippen LogP contribution < -0.4 is 58.5 Å². The number of nitrogens with one attached hydrogen (secondary N) is 11. The van der Waals surface area contributed by atoms with Crippen molar-refractivity contribution in [3.8, 4) is 0 Å². The van der Waals surface area contributed by atoms with Crippen molar-refractivity contribution in [2.24, 2.45) is 0 Å². The number of thioether (sulfide) groups is 2. The molecule has 4 aliphatic heterocycles. The Morgan fingerprint density at radius 3 is 1.57 bits per heavy atom. The maximum Gasteiger partial charge on any atom is 0.319 e. The number of carbonyl (C=O) groups excluding carboxylic acids is 7. The summed E-state index contributed by atoms with van der Waals surface area (Å²) in [6, 6.07) is 4.83. The van der Waals surface area contributed by atoms with Crippen LogP contribution in [-0.2, 0) is 42.8 Å². The fourth-order valence-corrected chi connectivity index (χ4v) is 12.3. The highest BCUT2D eigenvalue weighted by Crippen LogP contribution is 2.33. The molecular weight excluding hydrogens is 1070 g/mol. The molecule has 7 atom stereocenters. The number of rotatable bonds is 46. The Hall–Kier alpha value is -4.51. The van der Waals surface area contributed by atoms with Crippen molar-refractivity contribution in [1.82, 2.24) is 53.2 Å². The molecule has 9 amide bonds. The quantitative estimate of drug-likeness (QED) is 0.0191. The number of hydrogen-bond acceptors (Lipinski definition) is 17. The molecule has 4 fully saturated rings. The second kappa shape index (κ2) is 39.1. The van der Waals surface area contributed by atoms with Crippen LogP contribution in [0.15, 0.2) is 18.2 Å². The number of ether oxygens (including phenoxy) is 6. The number of benzene rings is 1. The molecule has 0 aromatic heterocycles. The number of carbonyl (C=O) groups is 7. The lowest BCUT2D eigenvalue weighted by atomic mass is 10.0. The zero-order valence-corrected chi connectivity index (χ0v) is 48.7. The van der Waals surface area contributed by atoms with Crippen molar-refractivity contribution in [3.05, 3.63) is 29.3 Å². The van der Waals surface area contributed by atoms with E-state index in [0.29, 0.717) is 167 Å². The van der Waals surface area contributed by atoms with E-state index in [0.717, 1.165) is 63.0 Å². The number of likely N-dealkylation sites (N-methyl/N-ethyl adjacent to an activating group) is 1. The molecule has 1 aromatic carbocycles. The third kappa shape index (κ3) is 27.0. The molecule has 24 nitrogen and oxygen atoms in total. The fraction of sp³-hybridized carbons (Fsp3) is 0.759. The minimum Gasteiger partial charge on any atom is -0.379 e. The first-order valence-electron chi connectivity index (χ1n) is 28.7. The summed E-state index contributed by atoms with van der Waals surface area (Å²) < 4.78 is 33.7. The number of fused-ring (bicyclic) bond motifs is 1. The molecule has 0 spiro atoms. The van der Waals surface area contributed by atoms with Gasteiger partial charge in [0.2, 0.25) is 18.2 Å². The SMILES string of the molecule is CNC1CSC(CCCCC(=O)NCCCOCCOCCOCCCNC(=O)c2cc(NC(=O)NCC3(C)CN3)cc(C(=O)NCCCOCCOCCOCCCNC(=O)CCCCC3SCC4NC(=O)NC43)c2)C1NC=O. The molecule has 80 heavy (non-hydrogen) atoms. The van der Waals surface area contributed by atoms with Gasteiger partial charge in [-0.1, -0.05) is 12.8 Å². The Morgan fingerprint density at radius 2 is 1.09 bits per heavy atom. The van der Waals surface area contributed by atoms with Crippen LogP contribution in [0.5, 0.6) is 0 Å². The molecule has 4 aliphatic rings. The van der Waals surface area contributed by atoms with E-state index in [1.807, 2.05) is 37.5 Å². The van der Waals surface area contributed by atoms with Gasteiger partial charge in [0, 0.05) is 129 Å². The van der Waals surface area contributed by atoms with Gasteiger partial charge < -0.3 is 86.9 Å². The molecule has 0 aliphatic carbocycles. The van der Waals surface area contributed by atoms with E-state index in [4.69, 9.17) is 28.4 Å². The normalized spacial score (nSPS) is 21.7.